The lowest BCUT2D eigenvalue weighted by atomic mass is 9.77. The second kappa shape index (κ2) is 6.12. The van der Waals surface area contributed by atoms with Crippen molar-refractivity contribution >= 4 is 34.7 Å². The molecule has 0 aliphatic carbocycles. The number of carbonyl (C=O) groups is 3. The summed E-state index contributed by atoms with van der Waals surface area (Å²) < 4.78 is 6.05. The van der Waals surface area contributed by atoms with Crippen molar-refractivity contribution in [3.05, 3.63) is 64.4 Å². The number of anilines is 1. The minimum Gasteiger partial charge on any atom is -0.360 e. The number of imide groups is 1. The zero-order valence-electron chi connectivity index (χ0n) is 15.1. The number of nitrogens with one attached hydrogen (secondary N) is 1. The first-order chi connectivity index (χ1) is 13.5. The van der Waals surface area contributed by atoms with E-state index in [0.717, 1.165) is 5.56 Å². The smallest absolute Gasteiger partial charge is 0.261 e. The predicted octanol–water partition coefficient (Wildman–Crippen LogP) is 2.30. The van der Waals surface area contributed by atoms with Crippen molar-refractivity contribution < 1.29 is 19.1 Å². The van der Waals surface area contributed by atoms with Gasteiger partial charge in [-0.3, -0.25) is 14.4 Å². The third kappa shape index (κ3) is 2.40. The van der Waals surface area contributed by atoms with Crippen molar-refractivity contribution in [2.75, 3.05) is 11.4 Å². The molecule has 0 spiro atoms. The summed E-state index contributed by atoms with van der Waals surface area (Å²) in [4.78, 5) is 40.5. The number of benzene rings is 1. The molecule has 1 aromatic heterocycles. The Bertz CT molecular complexity index is 998. The van der Waals surface area contributed by atoms with Gasteiger partial charge in [-0.05, 0) is 30.5 Å². The zero-order chi connectivity index (χ0) is 19.5. The van der Waals surface area contributed by atoms with Gasteiger partial charge in [0.1, 0.15) is 5.60 Å². The number of thiophene rings is 1. The Kier molecular flexibility index (Phi) is 3.79. The van der Waals surface area contributed by atoms with E-state index in [4.69, 9.17) is 4.74 Å². The van der Waals surface area contributed by atoms with Crippen LogP contribution in [0, 0.1) is 18.8 Å². The second-order valence-electron chi connectivity index (χ2n) is 7.41. The van der Waals surface area contributed by atoms with Crippen LogP contribution < -0.4 is 10.2 Å². The molecule has 2 saturated heterocycles. The Labute approximate surface area is 165 Å². The molecule has 0 radical (unpaired) electrons. The topological polar surface area (TPSA) is 75.7 Å². The number of hydrogen-bond donors (Lipinski definition) is 1. The lowest BCUT2D eigenvalue weighted by Gasteiger charge is -2.29. The molecule has 5 rings (SSSR count). The summed E-state index contributed by atoms with van der Waals surface area (Å²) in [6, 6.07) is 10.9. The Morgan fingerprint density at radius 3 is 2.71 bits per heavy atom. The Balaban J connectivity index is 1.42. The first-order valence-corrected chi connectivity index (χ1v) is 10.0. The molecule has 4 heterocycles. The van der Waals surface area contributed by atoms with Crippen molar-refractivity contribution in [1.29, 1.82) is 0 Å². The number of ether oxygens (including phenoxy) is 1. The van der Waals surface area contributed by atoms with Crippen LogP contribution in [0.1, 0.15) is 15.2 Å². The highest BCUT2D eigenvalue weighted by Crippen LogP contribution is 2.52. The molecule has 0 saturated carbocycles. The summed E-state index contributed by atoms with van der Waals surface area (Å²) in [5, 5.41) is 4.70. The fourth-order valence-electron chi connectivity index (χ4n) is 4.37. The number of carbonyl (C=O) groups excluding carboxylic acids is 3. The van der Waals surface area contributed by atoms with E-state index in [1.165, 1.54) is 16.2 Å². The minimum absolute atomic E-state index is 0.151. The highest BCUT2D eigenvalue weighted by molar-refractivity contribution is 7.12. The molecule has 2 aromatic rings. The highest BCUT2D eigenvalue weighted by Gasteiger charge is 2.67. The number of fused-ring (bicyclic) bond motifs is 5. The van der Waals surface area contributed by atoms with Crippen molar-refractivity contribution in [2.24, 2.45) is 11.8 Å². The van der Waals surface area contributed by atoms with E-state index in [9.17, 15) is 14.4 Å². The van der Waals surface area contributed by atoms with Crippen LogP contribution in [-0.2, 0) is 14.3 Å². The van der Waals surface area contributed by atoms with Crippen molar-refractivity contribution in [3.63, 3.8) is 0 Å². The summed E-state index contributed by atoms with van der Waals surface area (Å²) >= 11 is 1.35. The first-order valence-electron chi connectivity index (χ1n) is 9.13. The summed E-state index contributed by atoms with van der Waals surface area (Å²) in [7, 11) is 0. The van der Waals surface area contributed by atoms with E-state index in [-0.39, 0.29) is 24.3 Å². The van der Waals surface area contributed by atoms with Crippen molar-refractivity contribution in [2.45, 2.75) is 18.6 Å². The third-order valence-electron chi connectivity index (χ3n) is 5.72. The van der Waals surface area contributed by atoms with E-state index >= 15 is 0 Å². The van der Waals surface area contributed by atoms with Gasteiger partial charge >= 0.3 is 0 Å². The number of nitrogens with zero attached hydrogens (tertiary/aromatic N) is 1. The van der Waals surface area contributed by atoms with Gasteiger partial charge in [-0.1, -0.05) is 35.9 Å². The minimum atomic E-state index is -0.978. The van der Waals surface area contributed by atoms with Crippen LogP contribution in [0.25, 0.3) is 0 Å². The van der Waals surface area contributed by atoms with Gasteiger partial charge in [-0.25, -0.2) is 4.90 Å². The van der Waals surface area contributed by atoms with Gasteiger partial charge in [0, 0.05) is 0 Å². The SMILES string of the molecule is Cc1ccc(N2C(=O)[C@@H]3[C@H]4C=C[C@@](CNC(=O)c5cccs5)(O4)[C@H]3C2=O)cc1. The molecule has 1 aromatic carbocycles. The summed E-state index contributed by atoms with van der Waals surface area (Å²) in [6.45, 7) is 2.11. The van der Waals surface area contributed by atoms with Crippen LogP contribution in [0.5, 0.6) is 0 Å². The van der Waals surface area contributed by atoms with E-state index in [2.05, 4.69) is 5.32 Å². The van der Waals surface area contributed by atoms with Gasteiger partial charge in [0.2, 0.25) is 11.8 Å². The molecule has 0 unspecified atom stereocenters. The van der Waals surface area contributed by atoms with Crippen molar-refractivity contribution in [1.82, 2.24) is 5.32 Å². The average molecular weight is 394 g/mol. The molecular weight excluding hydrogens is 376 g/mol. The molecule has 6 nitrogen and oxygen atoms in total. The van der Waals surface area contributed by atoms with E-state index in [1.54, 1.807) is 18.2 Å². The first kappa shape index (κ1) is 17.3. The van der Waals surface area contributed by atoms with Crippen LogP contribution in [0.2, 0.25) is 0 Å². The lowest BCUT2D eigenvalue weighted by Crippen LogP contribution is -2.48. The third-order valence-corrected chi connectivity index (χ3v) is 6.59. The molecule has 3 amide bonds. The van der Waals surface area contributed by atoms with Gasteiger partial charge in [0.15, 0.2) is 0 Å². The molecule has 3 aliphatic heterocycles. The fourth-order valence-corrected chi connectivity index (χ4v) is 5.01. The predicted molar refractivity (Wildman–Crippen MR) is 104 cm³/mol. The fraction of sp³-hybridized carbons (Fsp3) is 0.286. The lowest BCUT2D eigenvalue weighted by molar-refractivity contribution is -0.126. The number of rotatable bonds is 4. The largest absolute Gasteiger partial charge is 0.360 e. The Morgan fingerprint density at radius 2 is 2.00 bits per heavy atom. The summed E-state index contributed by atoms with van der Waals surface area (Å²) in [6.07, 6.45) is 3.23. The normalized spacial score (nSPS) is 30.2. The quantitative estimate of drug-likeness (QED) is 0.638. The zero-order valence-corrected chi connectivity index (χ0v) is 15.9. The molecule has 2 bridgehead atoms. The van der Waals surface area contributed by atoms with Crippen LogP contribution in [0.3, 0.4) is 0 Å². The molecule has 1 N–H and O–H groups in total. The van der Waals surface area contributed by atoms with Crippen LogP contribution in [0.4, 0.5) is 5.69 Å². The van der Waals surface area contributed by atoms with Crippen molar-refractivity contribution in [3.8, 4) is 0 Å². The maximum absolute atomic E-state index is 13.2. The standard InChI is InChI=1S/C21H18N2O4S/c1-12-4-6-13(7-5-12)23-19(25)16-14-8-9-21(27-14,17(16)20(23)26)11-22-18(24)15-3-2-10-28-15/h2-10,14,16-17H,11H2,1H3,(H,22,24)/t14-,16-,17-,21+/m1/s1. The molecule has 7 heteroatoms. The number of aryl methyl sites for hydroxylation is 1. The molecular formula is C21H18N2O4S. The van der Waals surface area contributed by atoms with Gasteiger partial charge in [0.05, 0.1) is 35.0 Å². The van der Waals surface area contributed by atoms with Gasteiger partial charge in [0.25, 0.3) is 5.91 Å². The molecule has 142 valence electrons. The van der Waals surface area contributed by atoms with Crippen LogP contribution >= 0.6 is 11.3 Å². The number of amides is 3. The second-order valence-corrected chi connectivity index (χ2v) is 8.36. The summed E-state index contributed by atoms with van der Waals surface area (Å²) in [5.74, 6) is -1.88. The average Bonchev–Trinajstić information content (AvgIpc) is 3.45. The van der Waals surface area contributed by atoms with E-state index < -0.39 is 23.5 Å². The molecule has 4 atom stereocenters. The maximum Gasteiger partial charge on any atom is 0.261 e. The van der Waals surface area contributed by atoms with E-state index in [1.807, 2.05) is 42.7 Å². The van der Waals surface area contributed by atoms with E-state index in [0.29, 0.717) is 10.6 Å². The Morgan fingerprint density at radius 1 is 1.21 bits per heavy atom. The Hall–Kier alpha value is -2.77. The molecule has 3 aliphatic rings. The highest BCUT2D eigenvalue weighted by atomic mass is 32.1. The number of hydrogen-bond acceptors (Lipinski definition) is 5. The van der Waals surface area contributed by atoms with Gasteiger partial charge in [-0.15, -0.1) is 11.3 Å². The van der Waals surface area contributed by atoms with Gasteiger partial charge < -0.3 is 10.1 Å². The van der Waals surface area contributed by atoms with Crippen LogP contribution in [-0.4, -0.2) is 36.0 Å². The van der Waals surface area contributed by atoms with Crippen LogP contribution in [0.15, 0.2) is 53.9 Å². The molecule has 28 heavy (non-hydrogen) atoms. The summed E-state index contributed by atoms with van der Waals surface area (Å²) in [5.41, 5.74) is 0.655. The monoisotopic (exact) mass is 394 g/mol. The molecule has 2 fully saturated rings. The van der Waals surface area contributed by atoms with Gasteiger partial charge in [-0.2, -0.15) is 0 Å². The maximum atomic E-state index is 13.2.